The summed E-state index contributed by atoms with van der Waals surface area (Å²) in [5, 5.41) is 15.0. The van der Waals surface area contributed by atoms with Crippen LogP contribution in [-0.2, 0) is 17.7 Å². The molecule has 0 unspecified atom stereocenters. The molecule has 2 aromatic heterocycles. The Labute approximate surface area is 142 Å². The molecule has 1 saturated heterocycles. The SMILES string of the molecule is Clc1ccc(Cc2nn3c(CN4CCOCC4)nnc3s2)cc1. The first-order chi connectivity index (χ1) is 11.3. The van der Waals surface area contributed by atoms with Crippen LogP contribution in [-0.4, -0.2) is 51.0 Å². The van der Waals surface area contributed by atoms with Crippen molar-refractivity contribution < 1.29 is 4.74 Å². The maximum absolute atomic E-state index is 5.93. The fourth-order valence-corrected chi connectivity index (χ4v) is 3.62. The van der Waals surface area contributed by atoms with Gasteiger partial charge in [-0.15, -0.1) is 10.2 Å². The summed E-state index contributed by atoms with van der Waals surface area (Å²) in [5.41, 5.74) is 1.19. The molecule has 0 saturated carbocycles. The zero-order chi connectivity index (χ0) is 15.6. The number of fused-ring (bicyclic) bond motifs is 1. The normalized spacial score (nSPS) is 16.2. The zero-order valence-electron chi connectivity index (χ0n) is 12.5. The molecule has 0 radical (unpaired) electrons. The lowest BCUT2D eigenvalue weighted by atomic mass is 10.2. The van der Waals surface area contributed by atoms with Crippen molar-refractivity contribution in [1.82, 2.24) is 24.7 Å². The van der Waals surface area contributed by atoms with E-state index in [-0.39, 0.29) is 0 Å². The largest absolute Gasteiger partial charge is 0.379 e. The van der Waals surface area contributed by atoms with Crippen LogP contribution in [0.15, 0.2) is 24.3 Å². The number of ether oxygens (including phenoxy) is 1. The summed E-state index contributed by atoms with van der Waals surface area (Å²) in [4.78, 5) is 3.16. The third-order valence-corrected chi connectivity index (χ3v) is 4.99. The maximum atomic E-state index is 5.93. The Balaban J connectivity index is 1.52. The number of aromatic nitrogens is 4. The smallest absolute Gasteiger partial charge is 0.234 e. The predicted octanol–water partition coefficient (Wildman–Crippen LogP) is 2.26. The molecule has 1 aliphatic heterocycles. The Bertz CT molecular complexity index is 794. The fraction of sp³-hybridized carbons (Fsp3) is 0.400. The van der Waals surface area contributed by atoms with E-state index in [2.05, 4.69) is 20.2 Å². The summed E-state index contributed by atoms with van der Waals surface area (Å²) < 4.78 is 7.24. The first kappa shape index (κ1) is 15.0. The number of hydrogen-bond donors (Lipinski definition) is 0. The van der Waals surface area contributed by atoms with Crippen LogP contribution in [0.2, 0.25) is 5.02 Å². The minimum atomic E-state index is 0.750. The van der Waals surface area contributed by atoms with E-state index < -0.39 is 0 Å². The molecule has 0 atom stereocenters. The van der Waals surface area contributed by atoms with Crippen molar-refractivity contribution in [2.24, 2.45) is 0 Å². The van der Waals surface area contributed by atoms with Crippen LogP contribution >= 0.6 is 22.9 Å². The lowest BCUT2D eigenvalue weighted by molar-refractivity contribution is 0.0328. The van der Waals surface area contributed by atoms with Crippen LogP contribution in [0.25, 0.3) is 4.96 Å². The van der Waals surface area contributed by atoms with Gasteiger partial charge in [-0.05, 0) is 17.7 Å². The molecule has 0 N–H and O–H groups in total. The predicted molar refractivity (Wildman–Crippen MR) is 89.0 cm³/mol. The van der Waals surface area contributed by atoms with Gasteiger partial charge >= 0.3 is 0 Å². The molecule has 120 valence electrons. The number of benzene rings is 1. The van der Waals surface area contributed by atoms with Crippen LogP contribution in [0.3, 0.4) is 0 Å². The first-order valence-electron chi connectivity index (χ1n) is 7.52. The average Bonchev–Trinajstić information content (AvgIpc) is 3.12. The van der Waals surface area contributed by atoms with E-state index in [0.717, 1.165) is 60.1 Å². The van der Waals surface area contributed by atoms with Crippen molar-refractivity contribution in [2.75, 3.05) is 26.3 Å². The molecule has 1 aliphatic rings. The van der Waals surface area contributed by atoms with Crippen molar-refractivity contribution in [1.29, 1.82) is 0 Å². The van der Waals surface area contributed by atoms with Gasteiger partial charge in [-0.25, -0.2) is 0 Å². The van der Waals surface area contributed by atoms with Crippen molar-refractivity contribution in [2.45, 2.75) is 13.0 Å². The molecule has 0 bridgehead atoms. The molecule has 23 heavy (non-hydrogen) atoms. The third-order valence-electron chi connectivity index (χ3n) is 3.83. The minimum absolute atomic E-state index is 0.750. The van der Waals surface area contributed by atoms with Crippen LogP contribution in [0.4, 0.5) is 0 Å². The number of halogens is 1. The van der Waals surface area contributed by atoms with E-state index in [1.165, 1.54) is 5.56 Å². The number of morpholine rings is 1. The maximum Gasteiger partial charge on any atom is 0.234 e. The molecule has 1 aromatic carbocycles. The number of rotatable bonds is 4. The standard InChI is InChI=1S/C15H16ClN5OS/c16-12-3-1-11(2-4-12)9-14-19-21-13(17-18-15(21)23-14)10-20-5-7-22-8-6-20/h1-4H,5-10H2. The van der Waals surface area contributed by atoms with Gasteiger partial charge in [0.15, 0.2) is 5.82 Å². The highest BCUT2D eigenvalue weighted by atomic mass is 35.5. The van der Waals surface area contributed by atoms with Gasteiger partial charge in [0.2, 0.25) is 4.96 Å². The minimum Gasteiger partial charge on any atom is -0.379 e. The van der Waals surface area contributed by atoms with Gasteiger partial charge in [0.05, 0.1) is 19.8 Å². The lowest BCUT2D eigenvalue weighted by Crippen LogP contribution is -2.36. The highest BCUT2D eigenvalue weighted by Crippen LogP contribution is 2.19. The van der Waals surface area contributed by atoms with Gasteiger partial charge in [0, 0.05) is 24.5 Å². The number of nitrogens with zero attached hydrogens (tertiary/aromatic N) is 5. The molecule has 3 heterocycles. The highest BCUT2D eigenvalue weighted by Gasteiger charge is 2.17. The van der Waals surface area contributed by atoms with E-state index in [1.807, 2.05) is 28.8 Å². The van der Waals surface area contributed by atoms with Crippen LogP contribution in [0.5, 0.6) is 0 Å². The van der Waals surface area contributed by atoms with Gasteiger partial charge in [-0.1, -0.05) is 35.1 Å². The fourth-order valence-electron chi connectivity index (χ4n) is 2.60. The Kier molecular flexibility index (Phi) is 4.26. The molecule has 4 rings (SSSR count). The Hall–Kier alpha value is -1.54. The molecular formula is C15H16ClN5OS. The van der Waals surface area contributed by atoms with E-state index >= 15 is 0 Å². The summed E-state index contributed by atoms with van der Waals surface area (Å²) in [7, 11) is 0. The topological polar surface area (TPSA) is 55.5 Å². The third kappa shape index (κ3) is 3.37. The summed E-state index contributed by atoms with van der Waals surface area (Å²) in [6.45, 7) is 4.17. The second kappa shape index (κ2) is 6.52. The molecule has 0 aliphatic carbocycles. The van der Waals surface area contributed by atoms with Crippen LogP contribution in [0, 0.1) is 0 Å². The monoisotopic (exact) mass is 349 g/mol. The molecule has 0 amide bonds. The van der Waals surface area contributed by atoms with Crippen molar-refractivity contribution >= 4 is 27.9 Å². The molecule has 0 spiro atoms. The molecule has 1 fully saturated rings. The van der Waals surface area contributed by atoms with Crippen molar-refractivity contribution in [3.05, 3.63) is 45.7 Å². The zero-order valence-corrected chi connectivity index (χ0v) is 14.1. The second-order valence-electron chi connectivity index (χ2n) is 5.50. The Morgan fingerprint density at radius 2 is 1.91 bits per heavy atom. The lowest BCUT2D eigenvalue weighted by Gasteiger charge is -2.25. The van der Waals surface area contributed by atoms with E-state index in [4.69, 9.17) is 16.3 Å². The summed E-state index contributed by atoms with van der Waals surface area (Å²) in [6, 6.07) is 7.86. The van der Waals surface area contributed by atoms with E-state index in [9.17, 15) is 0 Å². The number of hydrogen-bond acceptors (Lipinski definition) is 6. The van der Waals surface area contributed by atoms with Crippen molar-refractivity contribution in [3.63, 3.8) is 0 Å². The first-order valence-corrected chi connectivity index (χ1v) is 8.72. The van der Waals surface area contributed by atoms with Crippen LogP contribution < -0.4 is 0 Å². The van der Waals surface area contributed by atoms with Gasteiger partial charge in [-0.2, -0.15) is 9.61 Å². The van der Waals surface area contributed by atoms with E-state index in [0.29, 0.717) is 0 Å². The Morgan fingerprint density at radius 3 is 2.70 bits per heavy atom. The van der Waals surface area contributed by atoms with Gasteiger partial charge < -0.3 is 4.74 Å². The van der Waals surface area contributed by atoms with Crippen LogP contribution in [0.1, 0.15) is 16.4 Å². The van der Waals surface area contributed by atoms with Gasteiger partial charge in [0.25, 0.3) is 0 Å². The summed E-state index contributed by atoms with van der Waals surface area (Å²) in [5.74, 6) is 0.889. The highest BCUT2D eigenvalue weighted by molar-refractivity contribution is 7.16. The Morgan fingerprint density at radius 1 is 1.13 bits per heavy atom. The average molecular weight is 350 g/mol. The summed E-state index contributed by atoms with van der Waals surface area (Å²) >= 11 is 7.51. The molecule has 6 nitrogen and oxygen atoms in total. The molecule has 3 aromatic rings. The summed E-state index contributed by atoms with van der Waals surface area (Å²) in [6.07, 6.45) is 0.780. The quantitative estimate of drug-likeness (QED) is 0.723. The molecule has 8 heteroatoms. The van der Waals surface area contributed by atoms with Gasteiger partial charge in [-0.3, -0.25) is 4.90 Å². The molecular weight excluding hydrogens is 334 g/mol. The van der Waals surface area contributed by atoms with E-state index in [1.54, 1.807) is 11.3 Å². The van der Waals surface area contributed by atoms with Gasteiger partial charge in [0.1, 0.15) is 5.01 Å². The second-order valence-corrected chi connectivity index (χ2v) is 6.98. The van der Waals surface area contributed by atoms with Crippen molar-refractivity contribution in [3.8, 4) is 0 Å².